The van der Waals surface area contributed by atoms with Crippen LogP contribution in [0, 0.1) is 0 Å². The first kappa shape index (κ1) is 11.7. The summed E-state index contributed by atoms with van der Waals surface area (Å²) in [7, 11) is -13.6. The molecule has 0 aliphatic carbocycles. The maximum atomic E-state index is 12.7. The van der Waals surface area contributed by atoms with Gasteiger partial charge in [0.05, 0.1) is 0 Å². The van der Waals surface area contributed by atoms with Crippen molar-refractivity contribution in [3.05, 3.63) is 0 Å². The van der Waals surface area contributed by atoms with E-state index in [0.717, 1.165) is 4.86 Å². The quantitative estimate of drug-likeness (QED) is 0.576. The summed E-state index contributed by atoms with van der Waals surface area (Å²) in [5.41, 5.74) is 0. The molecule has 1 N–H and O–H groups in total. The Morgan fingerprint density at radius 3 is 2.31 bits per heavy atom. The van der Waals surface area contributed by atoms with Crippen LogP contribution in [0.3, 0.4) is 0 Å². The third kappa shape index (κ3) is 2.17. The van der Waals surface area contributed by atoms with Gasteiger partial charge in [-0.25, -0.2) is 0 Å². The van der Waals surface area contributed by atoms with Crippen LogP contribution in [0.1, 0.15) is 0 Å². The van der Waals surface area contributed by atoms with Gasteiger partial charge in [0.1, 0.15) is 0 Å². The summed E-state index contributed by atoms with van der Waals surface area (Å²) in [4.78, 5) is 4.67. The van der Waals surface area contributed by atoms with Crippen molar-refractivity contribution in [3.63, 3.8) is 0 Å². The topological polar surface area (TPSA) is 36.9 Å². The molecule has 1 unspecified atom stereocenters. The summed E-state index contributed by atoms with van der Waals surface area (Å²) in [5, 5.41) is 0. The Morgan fingerprint density at radius 2 is 2.00 bits per heavy atom. The minimum absolute atomic E-state index is 0.541. The summed E-state index contributed by atoms with van der Waals surface area (Å²) in [5.74, 6) is 0. The second-order valence-corrected chi connectivity index (χ2v) is 7.40. The van der Waals surface area contributed by atoms with Crippen molar-refractivity contribution in [1.82, 2.24) is 9.46 Å². The van der Waals surface area contributed by atoms with Crippen LogP contribution < -0.4 is 4.86 Å². The molecule has 13 heavy (non-hydrogen) atoms. The van der Waals surface area contributed by atoms with Gasteiger partial charge in [-0.3, -0.25) is 0 Å². The average Bonchev–Trinajstić information content (AvgIpc) is 1.81. The molecule has 0 aromatic carbocycles. The monoisotopic (exact) mass is 263 g/mol. The van der Waals surface area contributed by atoms with E-state index in [9.17, 15) is 21.0 Å². The summed E-state index contributed by atoms with van der Waals surface area (Å²) >= 11 is 0. The van der Waals surface area contributed by atoms with Crippen LogP contribution in [0.4, 0.5) is 21.0 Å². The van der Waals surface area contributed by atoms with Gasteiger partial charge in [0.15, 0.2) is 0 Å². The molecular weight excluding hydrogens is 258 g/mol. The Hall–Kier alpha value is 0.620. The second-order valence-electron chi connectivity index (χ2n) is 1.99. The van der Waals surface area contributed by atoms with Gasteiger partial charge in [0, 0.05) is 0 Å². The van der Waals surface area contributed by atoms with E-state index in [4.69, 9.17) is 0 Å². The Bertz CT molecular complexity index is 268. The molecule has 1 rings (SSSR count). The SMILES string of the molecule is CON1P(F)(F)=NPNP1(F)(F)F. The van der Waals surface area contributed by atoms with Crippen molar-refractivity contribution in [1.29, 1.82) is 0 Å². The third-order valence-electron chi connectivity index (χ3n) is 1.05. The van der Waals surface area contributed by atoms with Crippen LogP contribution in [0.5, 0.6) is 0 Å². The zero-order valence-corrected chi connectivity index (χ0v) is 8.88. The van der Waals surface area contributed by atoms with Gasteiger partial charge < -0.3 is 0 Å². The number of hydrogen-bond donors (Lipinski definition) is 1. The number of hydrogen-bond acceptors (Lipinski definition) is 4. The number of nitrogens with zero attached hydrogens (tertiary/aromatic N) is 2. The molecule has 4 nitrogen and oxygen atoms in total. The summed E-state index contributed by atoms with van der Waals surface area (Å²) < 4.78 is 64.7. The molecule has 0 aromatic rings. The summed E-state index contributed by atoms with van der Waals surface area (Å²) in [6, 6.07) is 0. The Labute approximate surface area is 72.4 Å². The molecule has 12 heteroatoms. The first-order valence-electron chi connectivity index (χ1n) is 2.73. The molecule has 1 aliphatic heterocycles. The molecule has 0 saturated heterocycles. The third-order valence-corrected chi connectivity index (χ3v) is 7.04. The molecule has 1 aliphatic rings. The molecule has 80 valence electrons. The van der Waals surface area contributed by atoms with Gasteiger partial charge in [0.2, 0.25) is 0 Å². The van der Waals surface area contributed by atoms with Crippen molar-refractivity contribution >= 4 is 24.5 Å². The summed E-state index contributed by atoms with van der Waals surface area (Å²) in [6.45, 7) is 0. The summed E-state index contributed by atoms with van der Waals surface area (Å²) in [6.07, 6.45) is 0. The molecule has 1 atom stereocenters. The standard InChI is InChI=1S/CH5F5N3OP3/c1-10-9-12(2,3)7-11-8-13(9,4,5)6/h8,11H,1H3. The van der Waals surface area contributed by atoms with Crippen molar-refractivity contribution in [2.24, 2.45) is 4.52 Å². The second kappa shape index (κ2) is 3.05. The van der Waals surface area contributed by atoms with E-state index in [1.54, 1.807) is 0 Å². The van der Waals surface area contributed by atoms with E-state index in [-0.39, 0.29) is 0 Å². The number of nitrogens with one attached hydrogen (secondary N) is 1. The predicted molar refractivity (Wildman–Crippen MR) is 42.1 cm³/mol. The van der Waals surface area contributed by atoms with Crippen molar-refractivity contribution in [2.45, 2.75) is 0 Å². The predicted octanol–water partition coefficient (Wildman–Crippen LogP) is 3.88. The van der Waals surface area contributed by atoms with E-state index >= 15 is 0 Å². The van der Waals surface area contributed by atoms with Crippen molar-refractivity contribution < 1.29 is 25.8 Å². The van der Waals surface area contributed by atoms with Crippen LogP contribution >= 0.6 is 24.5 Å². The number of rotatable bonds is 1. The van der Waals surface area contributed by atoms with E-state index in [1.807, 2.05) is 0 Å². The average molecular weight is 263 g/mol. The molecule has 0 amide bonds. The molecule has 0 aromatic heterocycles. The fraction of sp³-hybridized carbons (Fsp3) is 1.00. The fourth-order valence-electron chi connectivity index (χ4n) is 0.650. The van der Waals surface area contributed by atoms with Gasteiger partial charge in [-0.1, -0.05) is 0 Å². The Balaban J connectivity index is 3.17. The molecule has 1 heterocycles. The molecule has 0 radical (unpaired) electrons. The molecule has 0 saturated carbocycles. The van der Waals surface area contributed by atoms with E-state index in [0.29, 0.717) is 7.11 Å². The van der Waals surface area contributed by atoms with Crippen LogP contribution in [0.2, 0.25) is 0 Å². The van der Waals surface area contributed by atoms with Crippen molar-refractivity contribution in [2.75, 3.05) is 7.11 Å². The Morgan fingerprint density at radius 1 is 1.46 bits per heavy atom. The molecule has 0 bridgehead atoms. The normalized spacial score (nSPS) is 36.0. The van der Waals surface area contributed by atoms with Gasteiger partial charge in [-0.15, -0.1) is 0 Å². The van der Waals surface area contributed by atoms with E-state index < -0.39 is 29.1 Å². The molecular formula is CH5F5N3OP3. The van der Waals surface area contributed by atoms with Gasteiger partial charge >= 0.3 is 71.5 Å². The first-order chi connectivity index (χ1) is 5.67. The molecule has 0 spiro atoms. The number of halogens is 5. The van der Waals surface area contributed by atoms with Crippen molar-refractivity contribution in [3.8, 4) is 0 Å². The van der Waals surface area contributed by atoms with Gasteiger partial charge in [0.25, 0.3) is 0 Å². The van der Waals surface area contributed by atoms with Gasteiger partial charge in [-0.2, -0.15) is 0 Å². The fourth-order valence-corrected chi connectivity index (χ4v) is 5.63. The van der Waals surface area contributed by atoms with E-state index in [2.05, 4.69) is 9.35 Å². The van der Waals surface area contributed by atoms with Crippen LogP contribution in [-0.4, -0.2) is 11.7 Å². The van der Waals surface area contributed by atoms with Crippen LogP contribution in [0.15, 0.2) is 4.52 Å². The first-order valence-corrected chi connectivity index (χ1v) is 7.02. The Kier molecular flexibility index (Phi) is 2.75. The zero-order chi connectivity index (χ0) is 10.4. The zero-order valence-electron chi connectivity index (χ0n) is 6.09. The van der Waals surface area contributed by atoms with Gasteiger partial charge in [-0.05, 0) is 0 Å². The minimum atomic E-state index is -7.24. The van der Waals surface area contributed by atoms with E-state index in [1.165, 1.54) is 0 Å². The van der Waals surface area contributed by atoms with Crippen LogP contribution in [0.25, 0.3) is 0 Å². The van der Waals surface area contributed by atoms with Crippen LogP contribution in [-0.2, 0) is 4.84 Å². The molecule has 0 fully saturated rings. The maximum absolute atomic E-state index is 12.7.